The van der Waals surface area contributed by atoms with E-state index in [4.69, 9.17) is 23.2 Å². The van der Waals surface area contributed by atoms with Gasteiger partial charge in [-0.25, -0.2) is 13.4 Å². The molecule has 0 aliphatic carbocycles. The largest absolute Gasteiger partial charge is 0.244 e. The van der Waals surface area contributed by atoms with Crippen LogP contribution in [0.5, 0.6) is 0 Å². The van der Waals surface area contributed by atoms with Crippen molar-refractivity contribution < 1.29 is 8.42 Å². The van der Waals surface area contributed by atoms with Crippen LogP contribution in [0.3, 0.4) is 0 Å². The van der Waals surface area contributed by atoms with Gasteiger partial charge in [0.2, 0.25) is 10.0 Å². The van der Waals surface area contributed by atoms with Crippen LogP contribution in [0, 0.1) is 11.3 Å². The van der Waals surface area contributed by atoms with Crippen LogP contribution < -0.4 is 0 Å². The molecule has 1 aliphatic heterocycles. The highest BCUT2D eigenvalue weighted by Crippen LogP contribution is 2.36. The van der Waals surface area contributed by atoms with Crippen LogP contribution in [0.4, 0.5) is 0 Å². The van der Waals surface area contributed by atoms with Gasteiger partial charge in [-0.3, -0.25) is 0 Å². The maximum absolute atomic E-state index is 12.6. The molecule has 1 aromatic rings. The number of nitrogens with zero attached hydrogens (tertiary/aromatic N) is 2. The predicted octanol–water partition coefficient (Wildman–Crippen LogP) is 3.45. The first-order chi connectivity index (χ1) is 9.12. The van der Waals surface area contributed by atoms with Crippen LogP contribution in [-0.2, 0) is 10.0 Å². The second-order valence-electron chi connectivity index (χ2n) is 6.16. The number of aromatic nitrogens is 1. The molecule has 0 spiro atoms. The standard InChI is InChI=1S/C13H18Cl2N2O2S/c1-13(2,3)9-4-5-17(8-9)20(18,19)10-6-11(14)12(15)16-7-10/h6-7,9H,4-5,8H2,1-3H3. The van der Waals surface area contributed by atoms with Crippen molar-refractivity contribution in [2.45, 2.75) is 32.1 Å². The summed E-state index contributed by atoms with van der Waals surface area (Å²) in [6, 6.07) is 1.36. The van der Waals surface area contributed by atoms with Crippen LogP contribution in [0.25, 0.3) is 0 Å². The summed E-state index contributed by atoms with van der Waals surface area (Å²) in [5, 5.41) is 0.263. The van der Waals surface area contributed by atoms with Gasteiger partial charge in [-0.1, -0.05) is 44.0 Å². The molecular weight excluding hydrogens is 319 g/mol. The summed E-state index contributed by atoms with van der Waals surface area (Å²) < 4.78 is 26.6. The SMILES string of the molecule is CC(C)(C)C1CCN(S(=O)(=O)c2cnc(Cl)c(Cl)c2)C1. The average molecular weight is 337 g/mol. The van der Waals surface area contributed by atoms with Crippen LogP contribution in [0.15, 0.2) is 17.2 Å². The van der Waals surface area contributed by atoms with Crippen molar-refractivity contribution in [2.75, 3.05) is 13.1 Å². The molecule has 0 saturated carbocycles. The van der Waals surface area contributed by atoms with Crippen LogP contribution in [-0.4, -0.2) is 30.8 Å². The fourth-order valence-electron chi connectivity index (χ4n) is 2.35. The topological polar surface area (TPSA) is 50.3 Å². The van der Waals surface area contributed by atoms with Gasteiger partial charge in [-0.05, 0) is 23.8 Å². The lowest BCUT2D eigenvalue weighted by atomic mass is 9.80. The van der Waals surface area contributed by atoms with Crippen molar-refractivity contribution in [3.05, 3.63) is 22.4 Å². The summed E-state index contributed by atoms with van der Waals surface area (Å²) in [6.45, 7) is 7.47. The molecule has 1 aromatic heterocycles. The minimum atomic E-state index is -3.54. The van der Waals surface area contributed by atoms with Gasteiger partial charge in [0.05, 0.1) is 5.02 Å². The van der Waals surface area contributed by atoms with Crippen molar-refractivity contribution in [3.63, 3.8) is 0 Å². The molecule has 1 unspecified atom stereocenters. The Balaban J connectivity index is 2.26. The summed E-state index contributed by atoms with van der Waals surface area (Å²) in [6.07, 6.45) is 2.13. The van der Waals surface area contributed by atoms with Crippen LogP contribution >= 0.6 is 23.2 Å². The quantitative estimate of drug-likeness (QED) is 0.777. The first-order valence-corrected chi connectivity index (χ1v) is 8.63. The van der Waals surface area contributed by atoms with Crippen molar-refractivity contribution in [1.29, 1.82) is 0 Å². The lowest BCUT2D eigenvalue weighted by molar-refractivity contribution is 0.252. The van der Waals surface area contributed by atoms with Crippen LogP contribution in [0.1, 0.15) is 27.2 Å². The number of hydrogen-bond acceptors (Lipinski definition) is 3. The van der Waals surface area contributed by atoms with Crippen molar-refractivity contribution >= 4 is 33.2 Å². The van der Waals surface area contributed by atoms with E-state index >= 15 is 0 Å². The monoisotopic (exact) mass is 336 g/mol. The van der Waals surface area contributed by atoms with Crippen molar-refractivity contribution in [3.8, 4) is 0 Å². The zero-order chi connectivity index (χ0) is 15.1. The Morgan fingerprint density at radius 3 is 2.50 bits per heavy atom. The second-order valence-corrected chi connectivity index (χ2v) is 8.86. The maximum atomic E-state index is 12.6. The van der Waals surface area contributed by atoms with Gasteiger partial charge in [0, 0.05) is 19.3 Å². The highest BCUT2D eigenvalue weighted by atomic mass is 35.5. The Hall–Kier alpha value is -0.360. The number of hydrogen-bond donors (Lipinski definition) is 0. The number of rotatable bonds is 2. The fourth-order valence-corrected chi connectivity index (χ4v) is 4.15. The molecule has 112 valence electrons. The Morgan fingerprint density at radius 2 is 2.00 bits per heavy atom. The third-order valence-corrected chi connectivity index (χ3v) is 6.30. The molecular formula is C13H18Cl2N2O2S. The summed E-state index contributed by atoms with van der Waals surface area (Å²) in [4.78, 5) is 3.91. The number of sulfonamides is 1. The normalized spacial score (nSPS) is 21.4. The molecule has 1 fully saturated rings. The summed E-state index contributed by atoms with van der Waals surface area (Å²) >= 11 is 11.6. The predicted molar refractivity (Wildman–Crippen MR) is 80.6 cm³/mol. The zero-order valence-corrected chi connectivity index (χ0v) is 14.1. The van der Waals surface area contributed by atoms with E-state index < -0.39 is 10.0 Å². The van der Waals surface area contributed by atoms with Gasteiger partial charge >= 0.3 is 0 Å². The van der Waals surface area contributed by atoms with E-state index in [0.717, 1.165) is 6.42 Å². The smallest absolute Gasteiger partial charge is 0.242 e. The Bertz CT molecular complexity index is 611. The minimum Gasteiger partial charge on any atom is -0.242 e. The van der Waals surface area contributed by atoms with Gasteiger partial charge in [0.25, 0.3) is 0 Å². The molecule has 2 rings (SSSR count). The molecule has 0 aromatic carbocycles. The van der Waals surface area contributed by atoms with E-state index in [1.807, 2.05) is 0 Å². The minimum absolute atomic E-state index is 0.0974. The molecule has 0 bridgehead atoms. The molecule has 1 saturated heterocycles. The first kappa shape index (κ1) is 16.0. The molecule has 20 heavy (non-hydrogen) atoms. The van der Waals surface area contributed by atoms with Gasteiger partial charge < -0.3 is 0 Å². The van der Waals surface area contributed by atoms with Gasteiger partial charge in [0.15, 0.2) is 0 Å². The molecule has 0 radical (unpaired) electrons. The van der Waals surface area contributed by atoms with Gasteiger partial charge in [-0.15, -0.1) is 0 Å². The van der Waals surface area contributed by atoms with E-state index in [-0.39, 0.29) is 20.5 Å². The van der Waals surface area contributed by atoms with Crippen molar-refractivity contribution in [1.82, 2.24) is 9.29 Å². The summed E-state index contributed by atoms with van der Waals surface area (Å²) in [7, 11) is -3.54. The average Bonchev–Trinajstić information content (AvgIpc) is 2.82. The Kier molecular flexibility index (Phi) is 4.36. The molecule has 4 nitrogen and oxygen atoms in total. The van der Waals surface area contributed by atoms with Crippen LogP contribution in [0.2, 0.25) is 10.2 Å². The molecule has 7 heteroatoms. The van der Waals surface area contributed by atoms with E-state index in [0.29, 0.717) is 19.0 Å². The fraction of sp³-hybridized carbons (Fsp3) is 0.615. The summed E-state index contributed by atoms with van der Waals surface area (Å²) in [5.41, 5.74) is 0.0974. The number of halogens is 2. The molecule has 2 heterocycles. The third-order valence-electron chi connectivity index (χ3n) is 3.78. The van der Waals surface area contributed by atoms with E-state index in [9.17, 15) is 8.42 Å². The lowest BCUT2D eigenvalue weighted by Gasteiger charge is -2.26. The highest BCUT2D eigenvalue weighted by Gasteiger charge is 2.37. The molecule has 1 atom stereocenters. The van der Waals surface area contributed by atoms with E-state index in [2.05, 4.69) is 25.8 Å². The van der Waals surface area contributed by atoms with E-state index in [1.54, 1.807) is 0 Å². The van der Waals surface area contributed by atoms with E-state index in [1.165, 1.54) is 16.6 Å². The van der Waals surface area contributed by atoms with Gasteiger partial charge in [0.1, 0.15) is 10.0 Å². The summed E-state index contributed by atoms with van der Waals surface area (Å²) in [5.74, 6) is 0.355. The molecule has 0 amide bonds. The van der Waals surface area contributed by atoms with Gasteiger partial charge in [-0.2, -0.15) is 4.31 Å². The Labute approximate surface area is 130 Å². The third kappa shape index (κ3) is 3.11. The zero-order valence-electron chi connectivity index (χ0n) is 11.7. The highest BCUT2D eigenvalue weighted by molar-refractivity contribution is 7.89. The Morgan fingerprint density at radius 1 is 1.35 bits per heavy atom. The van der Waals surface area contributed by atoms with Crippen molar-refractivity contribution in [2.24, 2.45) is 11.3 Å². The molecule has 1 aliphatic rings. The molecule has 0 N–H and O–H groups in total. The lowest BCUT2D eigenvalue weighted by Crippen LogP contribution is -2.31. The maximum Gasteiger partial charge on any atom is 0.244 e. The number of pyridine rings is 1. The second kappa shape index (κ2) is 5.44. The first-order valence-electron chi connectivity index (χ1n) is 6.43.